The van der Waals surface area contributed by atoms with Crippen LogP contribution in [0.15, 0.2) is 29.6 Å². The molecule has 2 aromatic rings. The van der Waals surface area contributed by atoms with Gasteiger partial charge in [0.25, 0.3) is 0 Å². The van der Waals surface area contributed by atoms with Crippen LogP contribution in [0.3, 0.4) is 0 Å². The predicted molar refractivity (Wildman–Crippen MR) is 102 cm³/mol. The molecule has 2 rings (SSSR count). The van der Waals surface area contributed by atoms with Crippen molar-refractivity contribution in [3.05, 3.63) is 36.0 Å². The zero-order chi connectivity index (χ0) is 18.6. The number of ether oxygens (including phenoxy) is 1. The molecule has 0 amide bonds. The highest BCUT2D eigenvalue weighted by molar-refractivity contribution is 5.79. The lowest BCUT2D eigenvalue weighted by atomic mass is 10.3. The van der Waals surface area contributed by atoms with Crippen LogP contribution in [0, 0.1) is 0 Å². The van der Waals surface area contributed by atoms with Crippen molar-refractivity contribution in [2.75, 3.05) is 19.7 Å². The predicted octanol–water partition coefficient (Wildman–Crippen LogP) is 1.78. The summed E-state index contributed by atoms with van der Waals surface area (Å²) in [5.74, 6) is 2.41. The third kappa shape index (κ3) is 6.02. The minimum Gasteiger partial charge on any atom is -0.477 e. The lowest BCUT2D eigenvalue weighted by molar-refractivity contribution is 0.302. The maximum Gasteiger partial charge on any atom is 0.218 e. The third-order valence-corrected chi connectivity index (χ3v) is 3.70. The second kappa shape index (κ2) is 11.1. The van der Waals surface area contributed by atoms with E-state index in [0.29, 0.717) is 19.0 Å². The molecule has 0 bridgehead atoms. The van der Waals surface area contributed by atoms with E-state index in [0.717, 1.165) is 49.8 Å². The first-order chi connectivity index (χ1) is 12.8. The average molecular weight is 359 g/mol. The molecule has 0 aliphatic carbocycles. The summed E-state index contributed by atoms with van der Waals surface area (Å²) in [4.78, 5) is 8.95. The van der Waals surface area contributed by atoms with Gasteiger partial charge in [0, 0.05) is 37.8 Å². The molecule has 2 aromatic heterocycles. The topological polar surface area (TPSA) is 89.3 Å². The number of hydrogen-bond donors (Lipinski definition) is 2. The summed E-state index contributed by atoms with van der Waals surface area (Å²) in [6.07, 6.45) is 5.33. The molecule has 2 N–H and O–H groups in total. The van der Waals surface area contributed by atoms with Gasteiger partial charge in [-0.1, -0.05) is 19.9 Å². The summed E-state index contributed by atoms with van der Waals surface area (Å²) in [5.41, 5.74) is 0.977. The summed E-state index contributed by atoms with van der Waals surface area (Å²) in [7, 11) is 0. The van der Waals surface area contributed by atoms with Gasteiger partial charge in [0.05, 0.1) is 13.2 Å². The number of aromatic nitrogens is 4. The van der Waals surface area contributed by atoms with Crippen molar-refractivity contribution in [2.24, 2.45) is 4.99 Å². The van der Waals surface area contributed by atoms with Gasteiger partial charge in [-0.25, -0.2) is 9.98 Å². The Morgan fingerprint density at radius 1 is 1.27 bits per heavy atom. The number of guanidine groups is 1. The molecule has 8 heteroatoms. The molecule has 0 radical (unpaired) electrons. The molecule has 0 aliphatic heterocycles. The summed E-state index contributed by atoms with van der Waals surface area (Å²) in [6.45, 7) is 9.69. The number of nitrogens with one attached hydrogen (secondary N) is 2. The Balaban J connectivity index is 1.94. The first-order valence-corrected chi connectivity index (χ1v) is 9.24. The van der Waals surface area contributed by atoms with Crippen molar-refractivity contribution >= 4 is 5.96 Å². The van der Waals surface area contributed by atoms with Crippen molar-refractivity contribution in [1.29, 1.82) is 0 Å². The summed E-state index contributed by atoms with van der Waals surface area (Å²) in [5, 5.41) is 14.7. The zero-order valence-electron chi connectivity index (χ0n) is 15.9. The molecular formula is C18H29N7O. The van der Waals surface area contributed by atoms with E-state index in [-0.39, 0.29) is 0 Å². The SMILES string of the molecule is CCCOc1ncccc1CN=C(NCC)NCCn1cnnc1CC. The van der Waals surface area contributed by atoms with Crippen LogP contribution in [0.25, 0.3) is 0 Å². The van der Waals surface area contributed by atoms with Gasteiger partial charge in [0.1, 0.15) is 12.2 Å². The third-order valence-electron chi connectivity index (χ3n) is 3.70. The quantitative estimate of drug-likeness (QED) is 0.496. The highest BCUT2D eigenvalue weighted by Gasteiger charge is 2.05. The number of aliphatic imine (C=N–C) groups is 1. The number of hydrogen-bond acceptors (Lipinski definition) is 5. The second-order valence-corrected chi connectivity index (χ2v) is 5.73. The average Bonchev–Trinajstić information content (AvgIpc) is 3.12. The first kappa shape index (κ1) is 19.7. The maximum absolute atomic E-state index is 5.70. The molecule has 0 aromatic carbocycles. The molecule has 0 aliphatic rings. The largest absolute Gasteiger partial charge is 0.477 e. The van der Waals surface area contributed by atoms with Gasteiger partial charge in [-0.3, -0.25) is 0 Å². The van der Waals surface area contributed by atoms with Crippen molar-refractivity contribution in [3.8, 4) is 5.88 Å². The number of pyridine rings is 1. The zero-order valence-corrected chi connectivity index (χ0v) is 15.9. The standard InChI is InChI=1S/C18H29N7O/c1-4-12-26-17-15(8-7-9-20-17)13-22-18(19-6-3)21-10-11-25-14-23-24-16(25)5-2/h7-9,14H,4-6,10-13H2,1-3H3,(H2,19,21,22). The fraction of sp³-hybridized carbons (Fsp3) is 0.556. The van der Waals surface area contributed by atoms with E-state index in [1.807, 2.05) is 23.6 Å². The molecule has 0 fully saturated rings. The van der Waals surface area contributed by atoms with Gasteiger partial charge in [0.15, 0.2) is 5.96 Å². The molecule has 0 saturated carbocycles. The number of rotatable bonds is 10. The van der Waals surface area contributed by atoms with E-state index in [4.69, 9.17) is 4.74 Å². The number of aryl methyl sites for hydroxylation is 1. The Hall–Kier alpha value is -2.64. The van der Waals surface area contributed by atoms with Crippen molar-refractivity contribution in [3.63, 3.8) is 0 Å². The van der Waals surface area contributed by atoms with Crippen LogP contribution < -0.4 is 15.4 Å². The molecule has 26 heavy (non-hydrogen) atoms. The van der Waals surface area contributed by atoms with Crippen LogP contribution >= 0.6 is 0 Å². The highest BCUT2D eigenvalue weighted by Crippen LogP contribution is 2.15. The van der Waals surface area contributed by atoms with E-state index in [2.05, 4.69) is 44.7 Å². The Bertz CT molecular complexity index is 684. The summed E-state index contributed by atoms with van der Waals surface area (Å²) < 4.78 is 7.75. The normalized spacial score (nSPS) is 11.4. The molecule has 0 spiro atoms. The van der Waals surface area contributed by atoms with E-state index < -0.39 is 0 Å². The van der Waals surface area contributed by atoms with Crippen molar-refractivity contribution < 1.29 is 4.74 Å². The fourth-order valence-electron chi connectivity index (χ4n) is 2.41. The highest BCUT2D eigenvalue weighted by atomic mass is 16.5. The van der Waals surface area contributed by atoms with Crippen molar-refractivity contribution in [2.45, 2.75) is 46.7 Å². The van der Waals surface area contributed by atoms with Gasteiger partial charge in [-0.05, 0) is 19.4 Å². The van der Waals surface area contributed by atoms with Gasteiger partial charge in [-0.15, -0.1) is 10.2 Å². The van der Waals surface area contributed by atoms with E-state index in [1.165, 1.54) is 0 Å². The van der Waals surface area contributed by atoms with Gasteiger partial charge >= 0.3 is 0 Å². The van der Waals surface area contributed by atoms with E-state index in [9.17, 15) is 0 Å². The molecule has 142 valence electrons. The molecule has 0 saturated heterocycles. The molecule has 0 unspecified atom stereocenters. The Morgan fingerprint density at radius 2 is 2.15 bits per heavy atom. The van der Waals surface area contributed by atoms with E-state index in [1.54, 1.807) is 12.5 Å². The van der Waals surface area contributed by atoms with Gasteiger partial charge < -0.3 is 19.9 Å². The Labute approximate surface area is 155 Å². The lowest BCUT2D eigenvalue weighted by Gasteiger charge is -2.13. The molecule has 2 heterocycles. The van der Waals surface area contributed by atoms with Gasteiger partial charge in [-0.2, -0.15) is 0 Å². The van der Waals surface area contributed by atoms with Crippen LogP contribution in [0.4, 0.5) is 0 Å². The number of nitrogens with zero attached hydrogens (tertiary/aromatic N) is 5. The van der Waals surface area contributed by atoms with Crippen LogP contribution in [-0.4, -0.2) is 45.4 Å². The smallest absolute Gasteiger partial charge is 0.218 e. The Morgan fingerprint density at radius 3 is 2.92 bits per heavy atom. The van der Waals surface area contributed by atoms with Crippen LogP contribution in [0.1, 0.15) is 38.6 Å². The summed E-state index contributed by atoms with van der Waals surface area (Å²) >= 11 is 0. The second-order valence-electron chi connectivity index (χ2n) is 5.73. The lowest BCUT2D eigenvalue weighted by Crippen LogP contribution is -2.39. The molecule has 0 atom stereocenters. The maximum atomic E-state index is 5.70. The monoisotopic (exact) mass is 359 g/mol. The molecule has 8 nitrogen and oxygen atoms in total. The fourth-order valence-corrected chi connectivity index (χ4v) is 2.41. The van der Waals surface area contributed by atoms with Crippen LogP contribution in [0.5, 0.6) is 5.88 Å². The minimum absolute atomic E-state index is 0.509. The Kier molecular flexibility index (Phi) is 8.38. The first-order valence-electron chi connectivity index (χ1n) is 9.24. The summed E-state index contributed by atoms with van der Waals surface area (Å²) in [6, 6.07) is 3.90. The van der Waals surface area contributed by atoms with Crippen LogP contribution in [0.2, 0.25) is 0 Å². The van der Waals surface area contributed by atoms with Crippen molar-refractivity contribution in [1.82, 2.24) is 30.4 Å². The van der Waals surface area contributed by atoms with Crippen LogP contribution in [-0.2, 0) is 19.5 Å². The minimum atomic E-state index is 0.509. The molecular weight excluding hydrogens is 330 g/mol. The van der Waals surface area contributed by atoms with E-state index >= 15 is 0 Å². The van der Waals surface area contributed by atoms with Gasteiger partial charge in [0.2, 0.25) is 5.88 Å².